The lowest BCUT2D eigenvalue weighted by atomic mass is 9.97. The summed E-state index contributed by atoms with van der Waals surface area (Å²) in [6.45, 7) is 1.85. The van der Waals surface area contributed by atoms with Crippen LogP contribution in [0.5, 0.6) is 0 Å². The van der Waals surface area contributed by atoms with E-state index in [1.165, 1.54) is 0 Å². The number of hydrogen-bond donors (Lipinski definition) is 2. The predicted octanol–water partition coefficient (Wildman–Crippen LogP) is 1.07. The number of hydrogen-bond acceptors (Lipinski definition) is 3. The maximum absolute atomic E-state index is 12.1. The minimum absolute atomic E-state index is 0.0366. The van der Waals surface area contributed by atoms with Crippen LogP contribution in [0.25, 0.3) is 0 Å². The van der Waals surface area contributed by atoms with Gasteiger partial charge in [-0.15, -0.1) is 0 Å². The molecule has 102 valence electrons. The van der Waals surface area contributed by atoms with E-state index in [0.717, 1.165) is 25.9 Å². The van der Waals surface area contributed by atoms with Gasteiger partial charge in [-0.25, -0.2) is 0 Å². The van der Waals surface area contributed by atoms with Gasteiger partial charge in [0.05, 0.1) is 5.92 Å². The number of carbonyl (C=O) groups excluding carboxylic acids is 2. The number of anilines is 1. The van der Waals surface area contributed by atoms with Crippen LogP contribution in [-0.4, -0.2) is 36.9 Å². The number of nitrogens with one attached hydrogen (secondary N) is 1. The molecule has 0 unspecified atom stereocenters. The highest BCUT2D eigenvalue weighted by molar-refractivity contribution is 5.95. The zero-order valence-corrected chi connectivity index (χ0v) is 11.1. The molecule has 3 N–H and O–H groups in total. The van der Waals surface area contributed by atoms with Crippen LogP contribution in [-0.2, 0) is 4.79 Å². The van der Waals surface area contributed by atoms with Crippen LogP contribution >= 0.6 is 0 Å². The summed E-state index contributed by atoms with van der Waals surface area (Å²) in [4.78, 5) is 25.2. The van der Waals surface area contributed by atoms with E-state index in [1.54, 1.807) is 24.3 Å². The van der Waals surface area contributed by atoms with E-state index in [0.29, 0.717) is 11.3 Å². The molecule has 1 heterocycles. The van der Waals surface area contributed by atoms with Gasteiger partial charge in [0.25, 0.3) is 0 Å². The van der Waals surface area contributed by atoms with Crippen LogP contribution in [0.4, 0.5) is 5.69 Å². The zero-order valence-electron chi connectivity index (χ0n) is 11.1. The standard InChI is InChI=1S/C14H19N3O2/c1-17-8-2-3-11(9-17)14(19)16-12-6-4-10(5-7-12)13(15)18/h4-7,11H,2-3,8-9H2,1H3,(H2,15,18)(H,16,19)/t11-/m1/s1. The van der Waals surface area contributed by atoms with E-state index in [2.05, 4.69) is 10.2 Å². The Morgan fingerprint density at radius 2 is 2.00 bits per heavy atom. The average molecular weight is 261 g/mol. The van der Waals surface area contributed by atoms with Crippen LogP contribution in [0.15, 0.2) is 24.3 Å². The molecule has 5 heteroatoms. The first-order valence-corrected chi connectivity index (χ1v) is 6.45. The van der Waals surface area contributed by atoms with Crippen molar-refractivity contribution in [3.8, 4) is 0 Å². The Morgan fingerprint density at radius 1 is 1.32 bits per heavy atom. The topological polar surface area (TPSA) is 75.4 Å². The fourth-order valence-corrected chi connectivity index (χ4v) is 2.34. The van der Waals surface area contributed by atoms with Crippen molar-refractivity contribution in [2.75, 3.05) is 25.5 Å². The fraction of sp³-hybridized carbons (Fsp3) is 0.429. The van der Waals surface area contributed by atoms with E-state index in [9.17, 15) is 9.59 Å². The molecule has 0 aromatic heterocycles. The number of carbonyl (C=O) groups is 2. The number of amides is 2. The van der Waals surface area contributed by atoms with Gasteiger partial charge in [0.15, 0.2) is 0 Å². The highest BCUT2D eigenvalue weighted by atomic mass is 16.2. The SMILES string of the molecule is CN1CCC[C@@H](C(=O)Nc2ccc(C(N)=O)cc2)C1. The molecule has 2 rings (SSSR count). The van der Waals surface area contributed by atoms with Gasteiger partial charge in [0, 0.05) is 17.8 Å². The van der Waals surface area contributed by atoms with Gasteiger partial charge in [-0.05, 0) is 50.7 Å². The highest BCUT2D eigenvalue weighted by Gasteiger charge is 2.23. The van der Waals surface area contributed by atoms with Crippen molar-refractivity contribution in [3.63, 3.8) is 0 Å². The second-order valence-electron chi connectivity index (χ2n) is 5.03. The lowest BCUT2D eigenvalue weighted by Gasteiger charge is -2.28. The smallest absolute Gasteiger partial charge is 0.248 e. The first-order chi connectivity index (χ1) is 9.06. The molecule has 1 aromatic carbocycles. The molecule has 1 aliphatic rings. The molecule has 0 bridgehead atoms. The van der Waals surface area contributed by atoms with Gasteiger partial charge < -0.3 is 16.0 Å². The Balaban J connectivity index is 1.96. The number of likely N-dealkylation sites (tertiary alicyclic amines) is 1. The normalized spacial score (nSPS) is 19.9. The van der Waals surface area contributed by atoms with E-state index in [-0.39, 0.29) is 11.8 Å². The zero-order chi connectivity index (χ0) is 13.8. The maximum atomic E-state index is 12.1. The summed E-state index contributed by atoms with van der Waals surface area (Å²) in [6.07, 6.45) is 1.98. The Morgan fingerprint density at radius 3 is 2.58 bits per heavy atom. The third kappa shape index (κ3) is 3.54. The van der Waals surface area contributed by atoms with Crippen LogP contribution in [0.3, 0.4) is 0 Å². The minimum Gasteiger partial charge on any atom is -0.366 e. The van der Waals surface area contributed by atoms with Crippen molar-refractivity contribution in [1.82, 2.24) is 4.90 Å². The van der Waals surface area contributed by atoms with Crippen molar-refractivity contribution in [2.45, 2.75) is 12.8 Å². The molecule has 1 aliphatic heterocycles. The molecular formula is C14H19N3O2. The lowest BCUT2D eigenvalue weighted by Crippen LogP contribution is -2.38. The van der Waals surface area contributed by atoms with E-state index in [4.69, 9.17) is 5.73 Å². The summed E-state index contributed by atoms with van der Waals surface area (Å²) in [5.41, 5.74) is 6.30. The van der Waals surface area contributed by atoms with Gasteiger partial charge in [-0.1, -0.05) is 0 Å². The first-order valence-electron chi connectivity index (χ1n) is 6.45. The quantitative estimate of drug-likeness (QED) is 0.854. The number of piperidine rings is 1. The first kappa shape index (κ1) is 13.5. The van der Waals surface area contributed by atoms with Crippen molar-refractivity contribution in [3.05, 3.63) is 29.8 Å². The molecule has 2 amide bonds. The van der Waals surface area contributed by atoms with E-state index >= 15 is 0 Å². The molecule has 0 saturated carbocycles. The van der Waals surface area contributed by atoms with Crippen LogP contribution < -0.4 is 11.1 Å². The molecule has 1 saturated heterocycles. The van der Waals surface area contributed by atoms with Crippen molar-refractivity contribution in [2.24, 2.45) is 11.7 Å². The van der Waals surface area contributed by atoms with E-state index in [1.807, 2.05) is 7.05 Å². The van der Waals surface area contributed by atoms with Crippen molar-refractivity contribution < 1.29 is 9.59 Å². The van der Waals surface area contributed by atoms with Gasteiger partial charge in [-0.3, -0.25) is 9.59 Å². The third-order valence-electron chi connectivity index (χ3n) is 3.43. The summed E-state index contributed by atoms with van der Waals surface area (Å²) in [5, 5.41) is 2.88. The molecule has 1 fully saturated rings. The van der Waals surface area contributed by atoms with Gasteiger partial charge in [-0.2, -0.15) is 0 Å². The van der Waals surface area contributed by atoms with Crippen LogP contribution in [0.1, 0.15) is 23.2 Å². The Kier molecular flexibility index (Phi) is 4.16. The second kappa shape index (κ2) is 5.84. The van der Waals surface area contributed by atoms with Crippen LogP contribution in [0.2, 0.25) is 0 Å². The molecule has 1 atom stereocenters. The third-order valence-corrected chi connectivity index (χ3v) is 3.43. The van der Waals surface area contributed by atoms with Gasteiger partial charge in [0.1, 0.15) is 0 Å². The molecule has 0 spiro atoms. The number of primary amides is 1. The summed E-state index contributed by atoms with van der Waals surface area (Å²) < 4.78 is 0. The Hall–Kier alpha value is -1.88. The fourth-order valence-electron chi connectivity index (χ4n) is 2.34. The van der Waals surface area contributed by atoms with Crippen molar-refractivity contribution >= 4 is 17.5 Å². The number of nitrogens with zero attached hydrogens (tertiary/aromatic N) is 1. The molecule has 19 heavy (non-hydrogen) atoms. The monoisotopic (exact) mass is 261 g/mol. The molecule has 5 nitrogen and oxygen atoms in total. The predicted molar refractivity (Wildman–Crippen MR) is 73.8 cm³/mol. The summed E-state index contributed by atoms with van der Waals surface area (Å²) in [5.74, 6) is -0.389. The van der Waals surface area contributed by atoms with Crippen LogP contribution in [0, 0.1) is 5.92 Å². The van der Waals surface area contributed by atoms with Crippen molar-refractivity contribution in [1.29, 1.82) is 0 Å². The largest absolute Gasteiger partial charge is 0.366 e. The average Bonchev–Trinajstić information content (AvgIpc) is 2.39. The molecule has 0 radical (unpaired) electrons. The van der Waals surface area contributed by atoms with E-state index < -0.39 is 5.91 Å². The van der Waals surface area contributed by atoms with Gasteiger partial charge >= 0.3 is 0 Å². The maximum Gasteiger partial charge on any atom is 0.248 e. The second-order valence-corrected chi connectivity index (χ2v) is 5.03. The minimum atomic E-state index is -0.466. The summed E-state index contributed by atoms with van der Waals surface area (Å²) in [7, 11) is 2.03. The lowest BCUT2D eigenvalue weighted by molar-refractivity contribution is -0.121. The molecule has 1 aromatic rings. The molecular weight excluding hydrogens is 242 g/mol. The number of benzene rings is 1. The summed E-state index contributed by atoms with van der Waals surface area (Å²) in [6, 6.07) is 6.63. The Labute approximate surface area is 112 Å². The highest BCUT2D eigenvalue weighted by Crippen LogP contribution is 2.18. The number of rotatable bonds is 3. The van der Waals surface area contributed by atoms with Gasteiger partial charge in [0.2, 0.25) is 11.8 Å². The number of nitrogens with two attached hydrogens (primary N) is 1. The summed E-state index contributed by atoms with van der Waals surface area (Å²) >= 11 is 0. The Bertz CT molecular complexity index is 470. The molecule has 0 aliphatic carbocycles.